The van der Waals surface area contributed by atoms with Gasteiger partial charge in [-0.3, -0.25) is 9.69 Å². The molecule has 1 aliphatic rings. The van der Waals surface area contributed by atoms with Crippen LogP contribution in [0.25, 0.3) is 6.08 Å². The first kappa shape index (κ1) is 25.6. The lowest BCUT2D eigenvalue weighted by Crippen LogP contribution is -2.27. The molecular weight excluding hydrogens is 521 g/mol. The molecular formula is C27H23Cl2NO3S2. The van der Waals surface area contributed by atoms with Gasteiger partial charge < -0.3 is 9.47 Å². The lowest BCUT2D eigenvalue weighted by molar-refractivity contribution is -0.122. The minimum Gasteiger partial charge on any atom is -0.490 e. The first-order valence-electron chi connectivity index (χ1n) is 11.0. The third-order valence-electron chi connectivity index (χ3n) is 5.28. The van der Waals surface area contributed by atoms with Gasteiger partial charge in [-0.05, 0) is 60.9 Å². The molecule has 3 aromatic rings. The molecule has 1 heterocycles. The first-order valence-corrected chi connectivity index (χ1v) is 13.0. The topological polar surface area (TPSA) is 38.8 Å². The van der Waals surface area contributed by atoms with Crippen LogP contribution in [0.2, 0.25) is 10.0 Å². The SMILES string of the molecule is CCOc1cc(/C=C2\SC(=S)N(Cc3ccc(C)cc3)C2=O)ccc1OCc1ccc(Cl)c(Cl)c1. The van der Waals surface area contributed by atoms with E-state index in [4.69, 9.17) is 44.9 Å². The summed E-state index contributed by atoms with van der Waals surface area (Å²) in [5.74, 6) is 1.09. The minimum atomic E-state index is -0.0986. The molecule has 1 amide bonds. The molecule has 0 aliphatic carbocycles. The van der Waals surface area contributed by atoms with Crippen LogP contribution in [-0.2, 0) is 17.9 Å². The number of ether oxygens (including phenoxy) is 2. The van der Waals surface area contributed by atoms with Gasteiger partial charge in [-0.1, -0.05) is 89.1 Å². The van der Waals surface area contributed by atoms with Crippen molar-refractivity contribution < 1.29 is 14.3 Å². The number of hydrogen-bond acceptors (Lipinski definition) is 5. The molecule has 0 aromatic heterocycles. The Labute approximate surface area is 224 Å². The smallest absolute Gasteiger partial charge is 0.266 e. The predicted octanol–water partition coefficient (Wildman–Crippen LogP) is 7.68. The van der Waals surface area contributed by atoms with Crippen molar-refractivity contribution in [2.24, 2.45) is 0 Å². The molecule has 1 fully saturated rings. The van der Waals surface area contributed by atoms with E-state index in [9.17, 15) is 4.79 Å². The van der Waals surface area contributed by atoms with E-state index in [1.807, 2.05) is 68.5 Å². The zero-order valence-electron chi connectivity index (χ0n) is 19.2. The second-order valence-electron chi connectivity index (χ2n) is 7.93. The quantitative estimate of drug-likeness (QED) is 0.215. The first-order chi connectivity index (χ1) is 16.8. The van der Waals surface area contributed by atoms with E-state index in [0.29, 0.717) is 50.5 Å². The van der Waals surface area contributed by atoms with Crippen LogP contribution in [-0.4, -0.2) is 21.7 Å². The Bertz CT molecular complexity index is 1290. The van der Waals surface area contributed by atoms with Crippen LogP contribution in [0.4, 0.5) is 0 Å². The summed E-state index contributed by atoms with van der Waals surface area (Å²) in [6.07, 6.45) is 1.83. The standard InChI is InChI=1S/C27H23Cl2NO3S2/c1-3-32-24-13-19(9-11-23(24)33-16-20-8-10-21(28)22(29)12-20)14-25-26(31)30(27(34)35-25)15-18-6-4-17(2)5-7-18/h4-14H,3,15-16H2,1-2H3/b25-14-. The second-order valence-corrected chi connectivity index (χ2v) is 10.4. The van der Waals surface area contributed by atoms with Crippen LogP contribution < -0.4 is 9.47 Å². The van der Waals surface area contributed by atoms with E-state index < -0.39 is 0 Å². The Kier molecular flexibility index (Phi) is 8.39. The fourth-order valence-electron chi connectivity index (χ4n) is 3.46. The van der Waals surface area contributed by atoms with Gasteiger partial charge in [0.15, 0.2) is 11.5 Å². The van der Waals surface area contributed by atoms with Crippen LogP contribution in [0.3, 0.4) is 0 Å². The third-order valence-corrected chi connectivity index (χ3v) is 7.40. The molecule has 0 unspecified atom stereocenters. The normalized spacial score (nSPS) is 14.6. The zero-order chi connectivity index (χ0) is 24.9. The van der Waals surface area contributed by atoms with E-state index in [0.717, 1.165) is 16.7 Å². The summed E-state index contributed by atoms with van der Waals surface area (Å²) in [5, 5.41) is 0.979. The Morgan fingerprint density at radius 3 is 2.40 bits per heavy atom. The van der Waals surface area contributed by atoms with Crippen molar-refractivity contribution in [3.05, 3.63) is 97.9 Å². The Morgan fingerprint density at radius 1 is 0.943 bits per heavy atom. The number of amides is 1. The Balaban J connectivity index is 1.50. The number of halogens is 2. The monoisotopic (exact) mass is 543 g/mol. The summed E-state index contributed by atoms with van der Waals surface area (Å²) in [7, 11) is 0. The van der Waals surface area contributed by atoms with Crippen molar-refractivity contribution in [3.8, 4) is 11.5 Å². The van der Waals surface area contributed by atoms with Gasteiger partial charge >= 0.3 is 0 Å². The highest BCUT2D eigenvalue weighted by Gasteiger charge is 2.32. The molecule has 0 radical (unpaired) electrons. The van der Waals surface area contributed by atoms with Crippen LogP contribution in [0, 0.1) is 6.92 Å². The summed E-state index contributed by atoms with van der Waals surface area (Å²) in [6.45, 7) is 5.19. The lowest BCUT2D eigenvalue weighted by atomic mass is 10.1. The molecule has 4 rings (SSSR count). The van der Waals surface area contributed by atoms with Gasteiger partial charge in [0.25, 0.3) is 5.91 Å². The average molecular weight is 545 g/mol. The third kappa shape index (κ3) is 6.39. The molecule has 0 saturated carbocycles. The number of rotatable bonds is 8. The van der Waals surface area contributed by atoms with E-state index in [-0.39, 0.29) is 5.91 Å². The van der Waals surface area contributed by atoms with Crippen LogP contribution in [0.15, 0.2) is 65.6 Å². The summed E-state index contributed by atoms with van der Waals surface area (Å²) in [4.78, 5) is 15.3. The molecule has 35 heavy (non-hydrogen) atoms. The van der Waals surface area contributed by atoms with Crippen LogP contribution >= 0.6 is 47.2 Å². The highest BCUT2D eigenvalue weighted by molar-refractivity contribution is 8.26. The van der Waals surface area contributed by atoms with E-state index in [2.05, 4.69) is 0 Å². The number of nitrogens with zero attached hydrogens (tertiary/aromatic N) is 1. The largest absolute Gasteiger partial charge is 0.490 e. The average Bonchev–Trinajstić information content (AvgIpc) is 3.09. The van der Waals surface area contributed by atoms with Crippen molar-refractivity contribution in [2.75, 3.05) is 6.61 Å². The number of aryl methyl sites for hydroxylation is 1. The van der Waals surface area contributed by atoms with Gasteiger partial charge in [0, 0.05) is 0 Å². The minimum absolute atomic E-state index is 0.0986. The number of thiocarbonyl (C=S) groups is 1. The van der Waals surface area contributed by atoms with Crippen molar-refractivity contribution in [1.29, 1.82) is 0 Å². The van der Waals surface area contributed by atoms with Crippen molar-refractivity contribution in [2.45, 2.75) is 27.0 Å². The molecule has 1 saturated heterocycles. The highest BCUT2D eigenvalue weighted by atomic mass is 35.5. The van der Waals surface area contributed by atoms with E-state index >= 15 is 0 Å². The van der Waals surface area contributed by atoms with Crippen molar-refractivity contribution in [3.63, 3.8) is 0 Å². The lowest BCUT2D eigenvalue weighted by Gasteiger charge is -2.14. The number of hydrogen-bond donors (Lipinski definition) is 0. The Morgan fingerprint density at radius 2 is 1.69 bits per heavy atom. The van der Waals surface area contributed by atoms with Crippen LogP contribution in [0.1, 0.15) is 29.2 Å². The maximum absolute atomic E-state index is 13.1. The van der Waals surface area contributed by atoms with Crippen molar-refractivity contribution >= 4 is 63.5 Å². The molecule has 0 bridgehead atoms. The summed E-state index contributed by atoms with van der Waals surface area (Å²) < 4.78 is 12.3. The molecule has 180 valence electrons. The molecule has 4 nitrogen and oxygen atoms in total. The van der Waals surface area contributed by atoms with Gasteiger partial charge in [0.05, 0.1) is 28.1 Å². The molecule has 0 atom stereocenters. The zero-order valence-corrected chi connectivity index (χ0v) is 22.4. The van der Waals surface area contributed by atoms with Gasteiger partial charge in [0.1, 0.15) is 10.9 Å². The molecule has 0 spiro atoms. The van der Waals surface area contributed by atoms with E-state index in [1.165, 1.54) is 17.3 Å². The molecule has 3 aromatic carbocycles. The van der Waals surface area contributed by atoms with Crippen molar-refractivity contribution in [1.82, 2.24) is 4.90 Å². The van der Waals surface area contributed by atoms with Gasteiger partial charge in [-0.2, -0.15) is 0 Å². The van der Waals surface area contributed by atoms with Gasteiger partial charge in [-0.25, -0.2) is 0 Å². The summed E-state index contributed by atoms with van der Waals surface area (Å²) in [6, 6.07) is 19.1. The van der Waals surface area contributed by atoms with E-state index in [1.54, 1.807) is 17.0 Å². The maximum Gasteiger partial charge on any atom is 0.266 e. The van der Waals surface area contributed by atoms with Gasteiger partial charge in [0.2, 0.25) is 0 Å². The second kappa shape index (κ2) is 11.5. The number of carbonyl (C=O) groups excluding carboxylic acids is 1. The fourth-order valence-corrected chi connectivity index (χ4v) is 5.03. The highest BCUT2D eigenvalue weighted by Crippen LogP contribution is 2.36. The van der Waals surface area contributed by atoms with Crippen LogP contribution in [0.5, 0.6) is 11.5 Å². The maximum atomic E-state index is 13.1. The predicted molar refractivity (Wildman–Crippen MR) is 148 cm³/mol. The number of thioether (sulfide) groups is 1. The Hall–Kier alpha value is -2.51. The number of benzene rings is 3. The fraction of sp³-hybridized carbons (Fsp3) is 0.185. The molecule has 0 N–H and O–H groups in total. The number of carbonyl (C=O) groups is 1. The summed E-state index contributed by atoms with van der Waals surface area (Å²) >= 11 is 18.9. The van der Waals surface area contributed by atoms with Gasteiger partial charge in [-0.15, -0.1) is 0 Å². The molecule has 1 aliphatic heterocycles. The molecule has 8 heteroatoms. The summed E-state index contributed by atoms with van der Waals surface area (Å²) in [5.41, 5.74) is 3.93.